The largest absolute Gasteiger partial charge is 0.445 e. The van der Waals surface area contributed by atoms with E-state index in [4.69, 9.17) is 14.7 Å². The SMILES string of the molecule is C=CCOC(=O)N1C[C@H](OS(C)(=O)=O)C[C@@H]1c1ccc(C(N)=O)cc1. The summed E-state index contributed by atoms with van der Waals surface area (Å²) in [7, 11) is -3.65. The molecule has 1 aromatic rings. The molecule has 9 heteroatoms. The number of primary amides is 1. The number of amides is 2. The van der Waals surface area contributed by atoms with Gasteiger partial charge in [-0.3, -0.25) is 13.9 Å². The Bertz CT molecular complexity index is 759. The molecule has 2 atom stereocenters. The third-order valence-corrected chi connectivity index (χ3v) is 4.33. The van der Waals surface area contributed by atoms with Crippen molar-refractivity contribution < 1.29 is 26.9 Å². The normalized spacial score (nSPS) is 20.3. The van der Waals surface area contributed by atoms with Crippen molar-refractivity contribution in [2.45, 2.75) is 18.6 Å². The second kappa shape index (κ2) is 7.66. The molecule has 0 bridgehead atoms. The van der Waals surface area contributed by atoms with Gasteiger partial charge in [0.15, 0.2) is 0 Å². The van der Waals surface area contributed by atoms with Crippen molar-refractivity contribution in [1.29, 1.82) is 0 Å². The van der Waals surface area contributed by atoms with Crippen LogP contribution in [0.3, 0.4) is 0 Å². The van der Waals surface area contributed by atoms with Crippen LogP contribution >= 0.6 is 0 Å². The number of likely N-dealkylation sites (tertiary alicyclic amines) is 1. The molecule has 2 amide bonds. The second-order valence-corrected chi connectivity index (χ2v) is 7.28. The molecule has 2 N–H and O–H groups in total. The fourth-order valence-electron chi connectivity index (χ4n) is 2.71. The van der Waals surface area contributed by atoms with Gasteiger partial charge in [-0.05, 0) is 17.7 Å². The van der Waals surface area contributed by atoms with Gasteiger partial charge in [-0.15, -0.1) is 0 Å². The van der Waals surface area contributed by atoms with Gasteiger partial charge in [0.2, 0.25) is 5.91 Å². The first-order chi connectivity index (χ1) is 11.7. The number of nitrogens with zero attached hydrogens (tertiary/aromatic N) is 1. The molecule has 0 spiro atoms. The quantitative estimate of drug-likeness (QED) is 0.596. The highest BCUT2D eigenvalue weighted by molar-refractivity contribution is 7.86. The Morgan fingerprint density at radius 3 is 2.52 bits per heavy atom. The van der Waals surface area contributed by atoms with Gasteiger partial charge in [-0.25, -0.2) is 4.79 Å². The summed E-state index contributed by atoms with van der Waals surface area (Å²) in [5.41, 5.74) is 6.28. The molecule has 1 aliphatic heterocycles. The maximum absolute atomic E-state index is 12.3. The average Bonchev–Trinajstić information content (AvgIpc) is 2.94. The molecule has 0 aliphatic carbocycles. The van der Waals surface area contributed by atoms with Gasteiger partial charge in [-0.2, -0.15) is 8.42 Å². The first-order valence-electron chi connectivity index (χ1n) is 7.53. The van der Waals surface area contributed by atoms with Crippen molar-refractivity contribution >= 4 is 22.1 Å². The minimum Gasteiger partial charge on any atom is -0.445 e. The fourth-order valence-corrected chi connectivity index (χ4v) is 3.35. The molecule has 136 valence electrons. The van der Waals surface area contributed by atoms with Crippen LogP contribution in [0, 0.1) is 0 Å². The van der Waals surface area contributed by atoms with Gasteiger partial charge in [0.05, 0.1) is 24.9 Å². The molecule has 0 radical (unpaired) electrons. The maximum Gasteiger partial charge on any atom is 0.410 e. The van der Waals surface area contributed by atoms with E-state index in [-0.39, 0.29) is 19.6 Å². The standard InChI is InChI=1S/C16H20N2O6S/c1-3-8-23-16(20)18-10-13(24-25(2,21)22)9-14(18)11-4-6-12(7-5-11)15(17)19/h3-7,13-14H,1,8-10H2,2H3,(H2,17,19)/t13-,14-/m1/s1. The average molecular weight is 368 g/mol. The van der Waals surface area contributed by atoms with Gasteiger partial charge in [0, 0.05) is 12.0 Å². The Balaban J connectivity index is 2.24. The van der Waals surface area contributed by atoms with Gasteiger partial charge in [-0.1, -0.05) is 24.8 Å². The van der Waals surface area contributed by atoms with Gasteiger partial charge in [0.25, 0.3) is 10.1 Å². The van der Waals surface area contributed by atoms with Gasteiger partial charge < -0.3 is 10.5 Å². The molecule has 0 unspecified atom stereocenters. The summed E-state index contributed by atoms with van der Waals surface area (Å²) in [6.07, 6.45) is 1.42. The van der Waals surface area contributed by atoms with E-state index in [1.165, 1.54) is 11.0 Å². The highest BCUT2D eigenvalue weighted by Gasteiger charge is 2.39. The summed E-state index contributed by atoms with van der Waals surface area (Å²) in [5.74, 6) is -0.557. The third kappa shape index (κ3) is 5.04. The van der Waals surface area contributed by atoms with Crippen LogP contribution in [0.25, 0.3) is 0 Å². The Hall–Kier alpha value is -2.39. The number of hydrogen-bond acceptors (Lipinski definition) is 6. The first-order valence-corrected chi connectivity index (χ1v) is 9.35. The smallest absolute Gasteiger partial charge is 0.410 e. The predicted molar refractivity (Wildman–Crippen MR) is 90.3 cm³/mol. The van der Waals surface area contributed by atoms with Crippen molar-refractivity contribution in [3.63, 3.8) is 0 Å². The van der Waals surface area contributed by atoms with E-state index in [1.54, 1.807) is 24.3 Å². The number of carbonyl (C=O) groups is 2. The molecule has 2 rings (SSSR count). The van der Waals surface area contributed by atoms with Gasteiger partial charge >= 0.3 is 6.09 Å². The Kier molecular flexibility index (Phi) is 5.81. The minimum absolute atomic E-state index is 0.0419. The van der Waals surface area contributed by atoms with Crippen molar-refractivity contribution in [2.24, 2.45) is 5.73 Å². The second-order valence-electron chi connectivity index (χ2n) is 5.68. The first kappa shape index (κ1) is 18.9. The summed E-state index contributed by atoms with van der Waals surface area (Å²) in [5, 5.41) is 0. The molecule has 0 aromatic heterocycles. The highest BCUT2D eigenvalue weighted by atomic mass is 32.2. The summed E-state index contributed by atoms with van der Waals surface area (Å²) in [4.78, 5) is 24.8. The highest BCUT2D eigenvalue weighted by Crippen LogP contribution is 2.34. The Morgan fingerprint density at radius 2 is 2.00 bits per heavy atom. The topological polar surface area (TPSA) is 116 Å². The molecule has 8 nitrogen and oxygen atoms in total. The Labute approximate surface area is 146 Å². The monoisotopic (exact) mass is 368 g/mol. The molecule has 1 saturated heterocycles. The zero-order chi connectivity index (χ0) is 18.6. The van der Waals surface area contributed by atoms with Crippen LogP contribution in [-0.2, 0) is 19.0 Å². The van der Waals surface area contributed by atoms with Crippen LogP contribution in [0.4, 0.5) is 4.79 Å². The molecule has 1 aromatic carbocycles. The van der Waals surface area contributed by atoms with Crippen molar-refractivity contribution in [2.75, 3.05) is 19.4 Å². The van der Waals surface area contributed by atoms with Crippen LogP contribution in [0.5, 0.6) is 0 Å². The predicted octanol–water partition coefficient (Wildman–Crippen LogP) is 1.20. The molecule has 25 heavy (non-hydrogen) atoms. The van der Waals surface area contributed by atoms with E-state index >= 15 is 0 Å². The summed E-state index contributed by atoms with van der Waals surface area (Å²) in [6, 6.07) is 6.00. The summed E-state index contributed by atoms with van der Waals surface area (Å²) < 4.78 is 32.8. The van der Waals surface area contributed by atoms with Crippen LogP contribution in [-0.4, -0.2) is 50.8 Å². The number of ether oxygens (including phenoxy) is 1. The number of carbonyl (C=O) groups excluding carboxylic acids is 2. The number of benzene rings is 1. The van der Waals surface area contributed by atoms with Crippen molar-refractivity contribution in [3.8, 4) is 0 Å². The zero-order valence-electron chi connectivity index (χ0n) is 13.8. The lowest BCUT2D eigenvalue weighted by atomic mass is 10.0. The molecule has 1 heterocycles. The molecule has 0 saturated carbocycles. The number of nitrogens with two attached hydrogens (primary N) is 1. The van der Waals surface area contributed by atoms with E-state index < -0.39 is 34.3 Å². The molecular formula is C16H20N2O6S. The number of rotatable bonds is 6. The zero-order valence-corrected chi connectivity index (χ0v) is 14.6. The van der Waals surface area contributed by atoms with Gasteiger partial charge in [0.1, 0.15) is 6.61 Å². The van der Waals surface area contributed by atoms with E-state index in [2.05, 4.69) is 6.58 Å². The molecular weight excluding hydrogens is 348 g/mol. The lowest BCUT2D eigenvalue weighted by molar-refractivity contribution is 0.0997. The lowest BCUT2D eigenvalue weighted by Gasteiger charge is -2.23. The number of hydrogen-bond donors (Lipinski definition) is 1. The summed E-state index contributed by atoms with van der Waals surface area (Å²) in [6.45, 7) is 3.60. The van der Waals surface area contributed by atoms with Crippen molar-refractivity contribution in [1.82, 2.24) is 4.90 Å². The molecule has 1 aliphatic rings. The van der Waals surface area contributed by atoms with Crippen LogP contribution < -0.4 is 5.73 Å². The fraction of sp³-hybridized carbons (Fsp3) is 0.375. The van der Waals surface area contributed by atoms with Crippen molar-refractivity contribution in [3.05, 3.63) is 48.0 Å². The van der Waals surface area contributed by atoms with E-state index in [9.17, 15) is 18.0 Å². The minimum atomic E-state index is -3.65. The maximum atomic E-state index is 12.3. The van der Waals surface area contributed by atoms with Crippen LogP contribution in [0.15, 0.2) is 36.9 Å². The summed E-state index contributed by atoms with van der Waals surface area (Å²) >= 11 is 0. The lowest BCUT2D eigenvalue weighted by Crippen LogP contribution is -2.33. The van der Waals surface area contributed by atoms with E-state index in [0.29, 0.717) is 5.56 Å². The van der Waals surface area contributed by atoms with E-state index in [1.807, 2.05) is 0 Å². The Morgan fingerprint density at radius 1 is 1.36 bits per heavy atom. The van der Waals surface area contributed by atoms with E-state index in [0.717, 1.165) is 11.8 Å². The van der Waals surface area contributed by atoms with Crippen LogP contribution in [0.1, 0.15) is 28.4 Å². The molecule has 1 fully saturated rings. The van der Waals surface area contributed by atoms with Crippen LogP contribution in [0.2, 0.25) is 0 Å². The third-order valence-electron chi connectivity index (χ3n) is 3.71.